The van der Waals surface area contributed by atoms with Crippen LogP contribution in [0.15, 0.2) is 54.6 Å². The number of imidazole rings is 1. The fourth-order valence-corrected chi connectivity index (χ4v) is 3.62. The van der Waals surface area contributed by atoms with Gasteiger partial charge in [0.05, 0.1) is 22.0 Å². The summed E-state index contributed by atoms with van der Waals surface area (Å²) in [4.78, 5) is 20.2. The van der Waals surface area contributed by atoms with Crippen molar-refractivity contribution in [2.24, 2.45) is 0 Å². The van der Waals surface area contributed by atoms with E-state index in [1.807, 2.05) is 30.3 Å². The molecule has 0 aliphatic heterocycles. The van der Waals surface area contributed by atoms with Crippen LogP contribution in [-0.4, -0.2) is 27.7 Å². The molecule has 0 fully saturated rings. The number of aryl methyl sites for hydroxylation is 1. The number of nitrogens with zero attached hydrogens (tertiary/aromatic N) is 1. The van der Waals surface area contributed by atoms with Gasteiger partial charge in [-0.3, -0.25) is 4.79 Å². The number of carbonyl (C=O) groups excluding carboxylic acids is 1. The van der Waals surface area contributed by atoms with Gasteiger partial charge in [-0.05, 0) is 44.4 Å². The van der Waals surface area contributed by atoms with Crippen molar-refractivity contribution in [1.29, 1.82) is 0 Å². The Kier molecular flexibility index (Phi) is 6.34. The lowest BCUT2D eigenvalue weighted by Crippen LogP contribution is -2.34. The normalized spacial score (nSPS) is 13.5. The van der Waals surface area contributed by atoms with Crippen LogP contribution in [-0.2, 0) is 11.2 Å². The zero-order valence-corrected chi connectivity index (χ0v) is 16.1. The predicted octanol–water partition coefficient (Wildman–Crippen LogP) is 4.49. The molecule has 0 aliphatic carbocycles. The summed E-state index contributed by atoms with van der Waals surface area (Å²) < 4.78 is 0. The number of fused-ring (bicyclic) bond motifs is 1. The highest BCUT2D eigenvalue weighted by Crippen LogP contribution is 2.27. The average molecular weight is 368 g/mol. The van der Waals surface area contributed by atoms with E-state index in [1.165, 1.54) is 5.56 Å². The number of carbonyl (C=O) groups is 1. The van der Waals surface area contributed by atoms with Gasteiger partial charge < -0.3 is 10.3 Å². The zero-order valence-electron chi connectivity index (χ0n) is 15.2. The number of thioether (sulfide) groups is 1. The van der Waals surface area contributed by atoms with Gasteiger partial charge in [-0.25, -0.2) is 4.98 Å². The summed E-state index contributed by atoms with van der Waals surface area (Å²) >= 11 is 1.60. The van der Waals surface area contributed by atoms with Crippen molar-refractivity contribution in [3.8, 4) is 0 Å². The summed E-state index contributed by atoms with van der Waals surface area (Å²) in [5, 5.41) is 3.24. The molecule has 0 radical (unpaired) electrons. The SMILES string of the molecule is C[C@@H](CCc1ccccc1)NC(=O)CS[C@H](C)c1nc2ccccc2[nH]1. The van der Waals surface area contributed by atoms with Crippen molar-refractivity contribution < 1.29 is 4.79 Å². The van der Waals surface area contributed by atoms with Crippen LogP contribution in [0.2, 0.25) is 0 Å². The first-order valence-corrected chi connectivity index (χ1v) is 10.1. The Morgan fingerprint density at radius 2 is 1.85 bits per heavy atom. The number of hydrogen-bond acceptors (Lipinski definition) is 3. The number of aromatic nitrogens is 2. The third-order valence-electron chi connectivity index (χ3n) is 4.37. The van der Waals surface area contributed by atoms with E-state index < -0.39 is 0 Å². The fraction of sp³-hybridized carbons (Fsp3) is 0.333. The largest absolute Gasteiger partial charge is 0.353 e. The van der Waals surface area contributed by atoms with Gasteiger partial charge in [0.2, 0.25) is 5.91 Å². The Bertz CT molecular complexity index is 814. The van der Waals surface area contributed by atoms with Gasteiger partial charge in [-0.1, -0.05) is 42.5 Å². The Hall–Kier alpha value is -2.27. The van der Waals surface area contributed by atoms with Gasteiger partial charge in [0.15, 0.2) is 0 Å². The lowest BCUT2D eigenvalue weighted by molar-refractivity contribution is -0.119. The second-order valence-corrected chi connectivity index (χ2v) is 7.91. The smallest absolute Gasteiger partial charge is 0.230 e. The van der Waals surface area contributed by atoms with Crippen LogP contribution in [0.25, 0.3) is 11.0 Å². The van der Waals surface area contributed by atoms with Crippen LogP contribution in [0.1, 0.15) is 36.9 Å². The Morgan fingerprint density at radius 3 is 2.62 bits per heavy atom. The third-order valence-corrected chi connectivity index (χ3v) is 5.53. The minimum absolute atomic E-state index is 0.0820. The molecule has 0 saturated carbocycles. The maximum absolute atomic E-state index is 12.2. The summed E-state index contributed by atoms with van der Waals surface area (Å²) in [5.74, 6) is 1.44. The molecule has 4 nitrogen and oxygen atoms in total. The Labute approximate surface area is 158 Å². The first kappa shape index (κ1) is 18.5. The highest BCUT2D eigenvalue weighted by atomic mass is 32.2. The summed E-state index contributed by atoms with van der Waals surface area (Å²) in [7, 11) is 0. The monoisotopic (exact) mass is 367 g/mol. The van der Waals surface area contributed by atoms with Crippen LogP contribution >= 0.6 is 11.8 Å². The molecule has 0 spiro atoms. The molecule has 2 atom stereocenters. The van der Waals surface area contributed by atoms with E-state index in [4.69, 9.17) is 0 Å². The predicted molar refractivity (Wildman–Crippen MR) is 109 cm³/mol. The van der Waals surface area contributed by atoms with E-state index in [9.17, 15) is 4.79 Å². The van der Waals surface area contributed by atoms with E-state index in [-0.39, 0.29) is 17.2 Å². The molecule has 2 N–H and O–H groups in total. The maximum Gasteiger partial charge on any atom is 0.230 e. The number of benzene rings is 2. The van der Waals surface area contributed by atoms with Crippen LogP contribution < -0.4 is 5.32 Å². The molecule has 136 valence electrons. The molecule has 2 aromatic carbocycles. The molecule has 1 aromatic heterocycles. The topological polar surface area (TPSA) is 57.8 Å². The number of amides is 1. The maximum atomic E-state index is 12.2. The molecule has 1 heterocycles. The van der Waals surface area contributed by atoms with Crippen molar-refractivity contribution in [2.45, 2.75) is 38.0 Å². The quantitative estimate of drug-likeness (QED) is 0.616. The summed E-state index contributed by atoms with van der Waals surface area (Å²) in [6, 6.07) is 18.5. The lowest BCUT2D eigenvalue weighted by atomic mass is 10.1. The van der Waals surface area contributed by atoms with Gasteiger partial charge in [0.25, 0.3) is 0 Å². The van der Waals surface area contributed by atoms with E-state index in [1.54, 1.807) is 11.8 Å². The van der Waals surface area contributed by atoms with E-state index in [0.717, 1.165) is 29.7 Å². The Morgan fingerprint density at radius 1 is 1.12 bits per heavy atom. The first-order chi connectivity index (χ1) is 12.6. The number of nitrogens with one attached hydrogen (secondary N) is 2. The van der Waals surface area contributed by atoms with Crippen molar-refractivity contribution in [2.75, 3.05) is 5.75 Å². The first-order valence-electron chi connectivity index (χ1n) is 9.01. The minimum atomic E-state index is 0.0820. The zero-order chi connectivity index (χ0) is 18.4. The number of para-hydroxylation sites is 2. The van der Waals surface area contributed by atoms with Crippen molar-refractivity contribution in [3.63, 3.8) is 0 Å². The van der Waals surface area contributed by atoms with Crippen LogP contribution in [0.3, 0.4) is 0 Å². The average Bonchev–Trinajstić information content (AvgIpc) is 3.09. The number of hydrogen-bond donors (Lipinski definition) is 2. The number of H-pyrrole nitrogens is 1. The molecule has 0 aliphatic rings. The van der Waals surface area contributed by atoms with Crippen molar-refractivity contribution in [3.05, 3.63) is 66.0 Å². The molecule has 0 saturated heterocycles. The second kappa shape index (κ2) is 8.90. The molecule has 0 bridgehead atoms. The van der Waals surface area contributed by atoms with Crippen LogP contribution in [0.4, 0.5) is 0 Å². The van der Waals surface area contributed by atoms with Crippen LogP contribution in [0.5, 0.6) is 0 Å². The second-order valence-electron chi connectivity index (χ2n) is 6.59. The van der Waals surface area contributed by atoms with Gasteiger partial charge >= 0.3 is 0 Å². The van der Waals surface area contributed by atoms with Crippen molar-refractivity contribution in [1.82, 2.24) is 15.3 Å². The van der Waals surface area contributed by atoms with Gasteiger partial charge in [-0.2, -0.15) is 0 Å². The molecule has 1 amide bonds. The molecule has 3 aromatic rings. The molecule has 5 heteroatoms. The summed E-state index contributed by atoms with van der Waals surface area (Å²) in [6.07, 6.45) is 1.92. The van der Waals surface area contributed by atoms with Crippen LogP contribution in [0, 0.1) is 0 Å². The van der Waals surface area contributed by atoms with Gasteiger partial charge in [0.1, 0.15) is 5.82 Å². The summed E-state index contributed by atoms with van der Waals surface area (Å²) in [5.41, 5.74) is 3.31. The Balaban J connectivity index is 1.42. The fourth-order valence-electron chi connectivity index (χ4n) is 2.86. The highest BCUT2D eigenvalue weighted by Gasteiger charge is 2.14. The van der Waals surface area contributed by atoms with E-state index in [0.29, 0.717) is 5.75 Å². The molecule has 3 rings (SSSR count). The molecular weight excluding hydrogens is 342 g/mol. The standard InChI is InChI=1S/C21H25N3OS/c1-15(12-13-17-8-4-3-5-9-17)22-20(25)14-26-16(2)21-23-18-10-6-7-11-19(18)24-21/h3-11,15-16H,12-14H2,1-2H3,(H,22,25)(H,23,24)/t15-,16+/m0/s1. The molecular formula is C21H25N3OS. The van der Waals surface area contributed by atoms with E-state index in [2.05, 4.69) is 53.4 Å². The molecule has 0 unspecified atom stereocenters. The minimum Gasteiger partial charge on any atom is -0.353 e. The van der Waals surface area contributed by atoms with Gasteiger partial charge in [0, 0.05) is 6.04 Å². The van der Waals surface area contributed by atoms with Crippen molar-refractivity contribution >= 4 is 28.7 Å². The highest BCUT2D eigenvalue weighted by molar-refractivity contribution is 8.00. The van der Waals surface area contributed by atoms with Gasteiger partial charge in [-0.15, -0.1) is 11.8 Å². The molecule has 26 heavy (non-hydrogen) atoms. The summed E-state index contributed by atoms with van der Waals surface area (Å²) in [6.45, 7) is 4.14. The number of aromatic amines is 1. The lowest BCUT2D eigenvalue weighted by Gasteiger charge is -2.15. The van der Waals surface area contributed by atoms with E-state index >= 15 is 0 Å². The third kappa shape index (κ3) is 5.11. The number of rotatable bonds is 8.